The molecule has 136 valence electrons. The molecule has 4 aromatic rings. The standard InChI is InChI=1S/C20H18N4O2S/c1-14-5-8-17(9-6-14)27(25,26)23-19-13-16-7-4-15(2)12-18(16)24(19)20-21-10-3-11-22-20/h3-13,23H,1-2H3. The molecule has 0 saturated heterocycles. The fourth-order valence-electron chi connectivity index (χ4n) is 2.92. The summed E-state index contributed by atoms with van der Waals surface area (Å²) in [6.45, 7) is 3.90. The summed E-state index contributed by atoms with van der Waals surface area (Å²) in [5.74, 6) is 0.794. The largest absolute Gasteiger partial charge is 0.264 e. The van der Waals surface area contributed by atoms with E-state index < -0.39 is 10.0 Å². The normalized spacial score (nSPS) is 11.6. The summed E-state index contributed by atoms with van der Waals surface area (Å²) in [6, 6.07) is 16.1. The highest BCUT2D eigenvalue weighted by Gasteiger charge is 2.19. The first-order valence-electron chi connectivity index (χ1n) is 8.43. The van der Waals surface area contributed by atoms with Gasteiger partial charge < -0.3 is 0 Å². The molecule has 0 aliphatic carbocycles. The first-order chi connectivity index (χ1) is 12.9. The average molecular weight is 378 g/mol. The lowest BCUT2D eigenvalue weighted by atomic mass is 10.2. The highest BCUT2D eigenvalue weighted by molar-refractivity contribution is 7.92. The molecular weight excluding hydrogens is 360 g/mol. The van der Waals surface area contributed by atoms with Gasteiger partial charge in [0.05, 0.1) is 10.4 Å². The van der Waals surface area contributed by atoms with E-state index in [1.54, 1.807) is 53.4 Å². The second kappa shape index (κ2) is 6.51. The number of nitrogens with zero attached hydrogens (tertiary/aromatic N) is 3. The number of fused-ring (bicyclic) bond motifs is 1. The molecule has 2 aromatic carbocycles. The van der Waals surface area contributed by atoms with Gasteiger partial charge in [0, 0.05) is 17.8 Å². The summed E-state index contributed by atoms with van der Waals surface area (Å²) < 4.78 is 30.2. The maximum atomic E-state index is 12.9. The minimum Gasteiger partial charge on any atom is -0.264 e. The molecule has 0 aliphatic heterocycles. The number of rotatable bonds is 4. The monoisotopic (exact) mass is 378 g/mol. The summed E-state index contributed by atoms with van der Waals surface area (Å²) in [7, 11) is -3.74. The molecule has 2 heterocycles. The number of hydrogen-bond donors (Lipinski definition) is 1. The van der Waals surface area contributed by atoms with Gasteiger partial charge in [0.1, 0.15) is 5.82 Å². The van der Waals surface area contributed by atoms with Crippen molar-refractivity contribution >= 4 is 26.7 Å². The van der Waals surface area contributed by atoms with E-state index in [1.165, 1.54) is 0 Å². The molecule has 0 amide bonds. The molecule has 2 aromatic heterocycles. The number of nitrogens with one attached hydrogen (secondary N) is 1. The van der Waals surface area contributed by atoms with Crippen LogP contribution in [0.4, 0.5) is 5.82 Å². The summed E-state index contributed by atoms with van der Waals surface area (Å²) in [5.41, 5.74) is 2.89. The fraction of sp³-hybridized carbons (Fsp3) is 0.100. The molecule has 6 nitrogen and oxygen atoms in total. The van der Waals surface area contributed by atoms with Crippen molar-refractivity contribution in [2.45, 2.75) is 18.7 Å². The molecule has 27 heavy (non-hydrogen) atoms. The van der Waals surface area contributed by atoms with Crippen LogP contribution in [0, 0.1) is 13.8 Å². The SMILES string of the molecule is Cc1ccc(S(=O)(=O)Nc2cc3ccc(C)cc3n2-c2ncccn2)cc1. The van der Waals surface area contributed by atoms with Crippen LogP contribution in [0.5, 0.6) is 0 Å². The maximum Gasteiger partial charge on any atom is 0.263 e. The lowest BCUT2D eigenvalue weighted by molar-refractivity contribution is 0.601. The predicted molar refractivity (Wildman–Crippen MR) is 106 cm³/mol. The zero-order chi connectivity index (χ0) is 19.0. The summed E-state index contributed by atoms with van der Waals surface area (Å²) in [5, 5.41) is 0.898. The minimum atomic E-state index is -3.74. The second-order valence-electron chi connectivity index (χ2n) is 6.39. The van der Waals surface area contributed by atoms with Crippen LogP contribution < -0.4 is 4.72 Å². The number of benzene rings is 2. The number of anilines is 1. The van der Waals surface area contributed by atoms with Crippen molar-refractivity contribution in [2.24, 2.45) is 0 Å². The Balaban J connectivity index is 1.88. The summed E-state index contributed by atoms with van der Waals surface area (Å²) in [6.07, 6.45) is 3.25. The molecule has 0 fully saturated rings. The predicted octanol–water partition coefficient (Wildman–Crippen LogP) is 3.84. The van der Waals surface area contributed by atoms with E-state index in [-0.39, 0.29) is 4.90 Å². The Kier molecular flexibility index (Phi) is 4.16. The smallest absolute Gasteiger partial charge is 0.263 e. The van der Waals surface area contributed by atoms with Crippen LogP contribution in [0.15, 0.2) is 71.9 Å². The lowest BCUT2D eigenvalue weighted by Gasteiger charge is -2.12. The quantitative estimate of drug-likeness (QED) is 0.585. The molecule has 4 rings (SSSR count). The van der Waals surface area contributed by atoms with Crippen molar-refractivity contribution in [3.63, 3.8) is 0 Å². The van der Waals surface area contributed by atoms with E-state index in [1.807, 2.05) is 32.0 Å². The van der Waals surface area contributed by atoms with E-state index in [0.717, 1.165) is 22.0 Å². The molecule has 0 radical (unpaired) electrons. The Bertz CT molecular complexity index is 1210. The minimum absolute atomic E-state index is 0.204. The Morgan fingerprint density at radius 1 is 0.889 bits per heavy atom. The molecule has 0 unspecified atom stereocenters. The molecule has 0 spiro atoms. The Morgan fingerprint density at radius 3 is 2.26 bits per heavy atom. The average Bonchev–Trinajstić information content (AvgIpc) is 2.99. The zero-order valence-electron chi connectivity index (χ0n) is 14.9. The third-order valence-corrected chi connectivity index (χ3v) is 5.65. The second-order valence-corrected chi connectivity index (χ2v) is 8.08. The van der Waals surface area contributed by atoms with E-state index in [9.17, 15) is 8.42 Å². The van der Waals surface area contributed by atoms with Crippen LogP contribution in [0.2, 0.25) is 0 Å². The third kappa shape index (κ3) is 3.29. The van der Waals surface area contributed by atoms with Crippen molar-refractivity contribution in [3.05, 3.63) is 78.1 Å². The first kappa shape index (κ1) is 17.2. The molecular formula is C20H18N4O2S. The van der Waals surface area contributed by atoms with Crippen molar-refractivity contribution in [1.82, 2.24) is 14.5 Å². The topological polar surface area (TPSA) is 76.9 Å². The van der Waals surface area contributed by atoms with Gasteiger partial charge in [0.2, 0.25) is 5.95 Å². The van der Waals surface area contributed by atoms with Gasteiger partial charge in [-0.25, -0.2) is 18.4 Å². The van der Waals surface area contributed by atoms with E-state index >= 15 is 0 Å². The zero-order valence-corrected chi connectivity index (χ0v) is 15.7. The summed E-state index contributed by atoms with van der Waals surface area (Å²) >= 11 is 0. The lowest BCUT2D eigenvalue weighted by Crippen LogP contribution is -2.16. The Labute approximate surface area is 157 Å². The number of hydrogen-bond acceptors (Lipinski definition) is 4. The van der Waals surface area contributed by atoms with E-state index in [2.05, 4.69) is 14.7 Å². The number of sulfonamides is 1. The van der Waals surface area contributed by atoms with E-state index in [4.69, 9.17) is 0 Å². The fourth-order valence-corrected chi connectivity index (χ4v) is 3.96. The summed E-state index contributed by atoms with van der Waals surface area (Å²) in [4.78, 5) is 8.79. The van der Waals surface area contributed by atoms with Gasteiger partial charge in [-0.3, -0.25) is 9.29 Å². The van der Waals surface area contributed by atoms with Gasteiger partial charge in [-0.05, 0) is 49.7 Å². The third-order valence-electron chi connectivity index (χ3n) is 4.28. The van der Waals surface area contributed by atoms with Gasteiger partial charge in [-0.1, -0.05) is 29.8 Å². The van der Waals surface area contributed by atoms with Gasteiger partial charge in [0.15, 0.2) is 0 Å². The molecule has 0 bridgehead atoms. The first-order valence-corrected chi connectivity index (χ1v) is 9.91. The van der Waals surface area contributed by atoms with Crippen LogP contribution in [-0.4, -0.2) is 23.0 Å². The van der Waals surface area contributed by atoms with Gasteiger partial charge in [-0.2, -0.15) is 0 Å². The van der Waals surface area contributed by atoms with Crippen LogP contribution in [0.1, 0.15) is 11.1 Å². The van der Waals surface area contributed by atoms with Crippen LogP contribution in [-0.2, 0) is 10.0 Å². The molecule has 0 saturated carbocycles. The molecule has 0 atom stereocenters. The molecule has 0 aliphatic rings. The van der Waals surface area contributed by atoms with E-state index in [0.29, 0.717) is 11.8 Å². The van der Waals surface area contributed by atoms with Crippen molar-refractivity contribution in [1.29, 1.82) is 0 Å². The van der Waals surface area contributed by atoms with Gasteiger partial charge in [-0.15, -0.1) is 0 Å². The number of aryl methyl sites for hydroxylation is 2. The maximum absolute atomic E-state index is 12.9. The van der Waals surface area contributed by atoms with Crippen LogP contribution in [0.3, 0.4) is 0 Å². The molecule has 7 heteroatoms. The Hall–Kier alpha value is -3.19. The van der Waals surface area contributed by atoms with Gasteiger partial charge in [0.25, 0.3) is 10.0 Å². The van der Waals surface area contributed by atoms with Crippen molar-refractivity contribution in [3.8, 4) is 5.95 Å². The Morgan fingerprint density at radius 2 is 1.56 bits per heavy atom. The van der Waals surface area contributed by atoms with Gasteiger partial charge >= 0.3 is 0 Å². The highest BCUT2D eigenvalue weighted by Crippen LogP contribution is 2.29. The van der Waals surface area contributed by atoms with Crippen molar-refractivity contribution < 1.29 is 8.42 Å². The van der Waals surface area contributed by atoms with Crippen LogP contribution >= 0.6 is 0 Å². The van der Waals surface area contributed by atoms with Crippen LogP contribution in [0.25, 0.3) is 16.9 Å². The number of aromatic nitrogens is 3. The molecule has 1 N–H and O–H groups in total. The highest BCUT2D eigenvalue weighted by atomic mass is 32.2. The van der Waals surface area contributed by atoms with Crippen molar-refractivity contribution in [2.75, 3.05) is 4.72 Å².